The first-order valence-electron chi connectivity index (χ1n) is 9.44. The first-order chi connectivity index (χ1) is 12.9. The number of nitrogens with one attached hydrogen (secondary N) is 1. The summed E-state index contributed by atoms with van der Waals surface area (Å²) in [5.41, 5.74) is 0.850. The molecule has 146 valence electrons. The molecular weight excluding hydrogens is 362 g/mol. The van der Waals surface area contributed by atoms with Gasteiger partial charge in [0.15, 0.2) is 0 Å². The lowest BCUT2D eigenvalue weighted by Gasteiger charge is -2.34. The van der Waals surface area contributed by atoms with Gasteiger partial charge in [0.2, 0.25) is 5.91 Å². The topological polar surface area (TPSA) is 71.5 Å². The first kappa shape index (κ1) is 19.8. The lowest BCUT2D eigenvalue weighted by molar-refractivity contribution is -0.139. The molecule has 27 heavy (non-hydrogen) atoms. The third kappa shape index (κ3) is 4.47. The number of hydrogen-bond donors (Lipinski definition) is 1. The van der Waals surface area contributed by atoms with E-state index in [-0.39, 0.29) is 24.0 Å². The Morgan fingerprint density at radius 1 is 1.37 bits per heavy atom. The van der Waals surface area contributed by atoms with Crippen LogP contribution in [0, 0.1) is 5.92 Å². The second-order valence-corrected chi connectivity index (χ2v) is 8.63. The van der Waals surface area contributed by atoms with Crippen molar-refractivity contribution in [1.82, 2.24) is 15.2 Å². The van der Waals surface area contributed by atoms with E-state index in [2.05, 4.69) is 10.3 Å². The molecule has 1 aliphatic heterocycles. The monoisotopic (exact) mass is 389 g/mol. The van der Waals surface area contributed by atoms with Gasteiger partial charge >= 0.3 is 0 Å². The predicted octanol–water partition coefficient (Wildman–Crippen LogP) is 3.38. The van der Waals surface area contributed by atoms with E-state index >= 15 is 0 Å². The number of rotatable bonds is 5. The molecule has 0 saturated carbocycles. The number of nitrogens with zero attached hydrogens (tertiary/aromatic N) is 2. The highest BCUT2D eigenvalue weighted by atomic mass is 32.1. The van der Waals surface area contributed by atoms with Gasteiger partial charge in [-0.25, -0.2) is 4.98 Å². The molecule has 0 radical (unpaired) electrons. The maximum Gasteiger partial charge on any atom is 0.262 e. The molecule has 0 aromatic carbocycles. The number of morpholine rings is 1. The predicted molar refractivity (Wildman–Crippen MR) is 107 cm³/mol. The molecule has 6 nitrogen and oxygen atoms in total. The van der Waals surface area contributed by atoms with E-state index < -0.39 is 0 Å². The highest BCUT2D eigenvalue weighted by molar-refractivity contribution is 7.20. The van der Waals surface area contributed by atoms with Crippen molar-refractivity contribution in [3.05, 3.63) is 28.8 Å². The second-order valence-electron chi connectivity index (χ2n) is 7.63. The van der Waals surface area contributed by atoms with E-state index in [1.165, 1.54) is 11.3 Å². The van der Waals surface area contributed by atoms with Crippen LogP contribution in [-0.2, 0) is 9.53 Å². The van der Waals surface area contributed by atoms with Crippen molar-refractivity contribution >= 4 is 33.4 Å². The van der Waals surface area contributed by atoms with Crippen molar-refractivity contribution in [2.45, 2.75) is 46.3 Å². The van der Waals surface area contributed by atoms with Crippen LogP contribution in [0.2, 0.25) is 0 Å². The van der Waals surface area contributed by atoms with Crippen LogP contribution in [0.4, 0.5) is 0 Å². The summed E-state index contributed by atoms with van der Waals surface area (Å²) >= 11 is 1.38. The molecule has 1 atom stereocenters. The molecule has 2 aromatic rings. The molecule has 2 aromatic heterocycles. The smallest absolute Gasteiger partial charge is 0.262 e. The van der Waals surface area contributed by atoms with Gasteiger partial charge in [0.1, 0.15) is 15.8 Å². The number of amides is 2. The van der Waals surface area contributed by atoms with Crippen molar-refractivity contribution in [3.8, 4) is 0 Å². The van der Waals surface area contributed by atoms with Crippen molar-refractivity contribution in [2.75, 3.05) is 19.7 Å². The fraction of sp³-hybridized carbons (Fsp3) is 0.550. The minimum absolute atomic E-state index is 0.0416. The molecule has 0 aliphatic carbocycles. The average Bonchev–Trinajstić information content (AvgIpc) is 3.00. The van der Waals surface area contributed by atoms with E-state index in [1.807, 2.05) is 44.7 Å². The highest BCUT2D eigenvalue weighted by Crippen LogP contribution is 2.37. The van der Waals surface area contributed by atoms with Gasteiger partial charge in [0, 0.05) is 36.2 Å². The molecule has 1 aliphatic rings. The van der Waals surface area contributed by atoms with Gasteiger partial charge in [-0.3, -0.25) is 9.59 Å². The van der Waals surface area contributed by atoms with Crippen molar-refractivity contribution < 1.29 is 14.3 Å². The Morgan fingerprint density at radius 2 is 2.15 bits per heavy atom. The lowest BCUT2D eigenvalue weighted by atomic mass is 10.0. The van der Waals surface area contributed by atoms with Crippen LogP contribution in [0.5, 0.6) is 0 Å². The second kappa shape index (κ2) is 8.35. The van der Waals surface area contributed by atoms with Gasteiger partial charge in [-0.1, -0.05) is 19.9 Å². The van der Waals surface area contributed by atoms with Gasteiger partial charge in [0.05, 0.1) is 13.2 Å². The van der Waals surface area contributed by atoms with E-state index in [0.29, 0.717) is 36.9 Å². The van der Waals surface area contributed by atoms with Gasteiger partial charge in [-0.15, -0.1) is 11.3 Å². The zero-order valence-corrected chi connectivity index (χ0v) is 17.1. The number of pyridine rings is 1. The Bertz CT molecular complexity index is 831. The van der Waals surface area contributed by atoms with Crippen molar-refractivity contribution in [1.29, 1.82) is 0 Å². The van der Waals surface area contributed by atoms with E-state index in [4.69, 9.17) is 4.74 Å². The Morgan fingerprint density at radius 3 is 2.85 bits per heavy atom. The lowest BCUT2D eigenvalue weighted by Crippen LogP contribution is -2.43. The summed E-state index contributed by atoms with van der Waals surface area (Å²) in [5, 5.41) is 3.90. The van der Waals surface area contributed by atoms with Crippen LogP contribution in [-0.4, -0.2) is 47.4 Å². The SMILES string of the molecule is CC(C)CC(=O)N1CCO[C@H](c2c(C(=O)NC(C)C)sc3ncccc23)C1. The fourth-order valence-corrected chi connectivity index (χ4v) is 4.39. The number of thiophene rings is 1. The Hall–Kier alpha value is -1.99. The van der Waals surface area contributed by atoms with Crippen LogP contribution in [0.25, 0.3) is 10.2 Å². The summed E-state index contributed by atoms with van der Waals surface area (Å²) in [6.45, 7) is 9.49. The summed E-state index contributed by atoms with van der Waals surface area (Å²) in [6, 6.07) is 3.88. The zero-order valence-electron chi connectivity index (χ0n) is 16.3. The zero-order chi connectivity index (χ0) is 19.6. The molecule has 1 fully saturated rings. The molecule has 0 unspecified atom stereocenters. The van der Waals surface area contributed by atoms with Gasteiger partial charge < -0.3 is 15.0 Å². The van der Waals surface area contributed by atoms with Crippen LogP contribution in [0.3, 0.4) is 0 Å². The Labute approximate surface area is 163 Å². The third-order valence-corrected chi connectivity index (χ3v) is 5.58. The molecule has 3 rings (SSSR count). The fourth-order valence-electron chi connectivity index (χ4n) is 3.30. The van der Waals surface area contributed by atoms with Crippen LogP contribution < -0.4 is 5.32 Å². The molecule has 2 amide bonds. The van der Waals surface area contributed by atoms with Crippen molar-refractivity contribution in [3.63, 3.8) is 0 Å². The van der Waals surface area contributed by atoms with Gasteiger partial charge in [-0.05, 0) is 25.8 Å². The minimum Gasteiger partial charge on any atom is -0.370 e. The van der Waals surface area contributed by atoms with Crippen molar-refractivity contribution in [2.24, 2.45) is 5.92 Å². The van der Waals surface area contributed by atoms with E-state index in [9.17, 15) is 9.59 Å². The Kier molecular flexibility index (Phi) is 6.11. The highest BCUT2D eigenvalue weighted by Gasteiger charge is 2.31. The van der Waals surface area contributed by atoms with Crippen LogP contribution in [0.15, 0.2) is 18.3 Å². The Balaban J connectivity index is 1.94. The molecule has 1 N–H and O–H groups in total. The van der Waals surface area contributed by atoms with Gasteiger partial charge in [-0.2, -0.15) is 0 Å². The summed E-state index contributed by atoms with van der Waals surface area (Å²) in [4.78, 5) is 33.0. The summed E-state index contributed by atoms with van der Waals surface area (Å²) in [6.07, 6.45) is 1.94. The summed E-state index contributed by atoms with van der Waals surface area (Å²) in [5.74, 6) is 0.346. The number of ether oxygens (including phenoxy) is 1. The molecule has 0 bridgehead atoms. The van der Waals surface area contributed by atoms with Gasteiger partial charge in [0.25, 0.3) is 5.91 Å². The standard InChI is InChI=1S/C20H27N3O3S/c1-12(2)10-16(24)23-8-9-26-15(11-23)17-14-6-5-7-21-20(14)27-18(17)19(25)22-13(3)4/h5-7,12-13,15H,8-11H2,1-4H3,(H,22,25)/t15-/m0/s1. The first-order valence-corrected chi connectivity index (χ1v) is 10.3. The van der Waals surface area contributed by atoms with E-state index in [0.717, 1.165) is 15.8 Å². The normalized spacial score (nSPS) is 17.7. The van der Waals surface area contributed by atoms with E-state index in [1.54, 1.807) is 6.20 Å². The molecule has 1 saturated heterocycles. The number of carbonyl (C=O) groups is 2. The molecular formula is C20H27N3O3S. The molecule has 3 heterocycles. The largest absolute Gasteiger partial charge is 0.370 e. The third-order valence-electron chi connectivity index (χ3n) is 4.45. The number of hydrogen-bond acceptors (Lipinski definition) is 5. The maximum absolute atomic E-state index is 12.8. The number of aromatic nitrogens is 1. The molecule has 0 spiro atoms. The maximum atomic E-state index is 12.8. The number of carbonyl (C=O) groups excluding carboxylic acids is 2. The summed E-state index contributed by atoms with van der Waals surface area (Å²) < 4.78 is 6.02. The average molecular weight is 390 g/mol. The van der Waals surface area contributed by atoms with Crippen LogP contribution in [0.1, 0.15) is 55.5 Å². The molecule has 7 heteroatoms. The minimum atomic E-state index is -0.319. The number of fused-ring (bicyclic) bond motifs is 1. The quantitative estimate of drug-likeness (QED) is 0.851. The summed E-state index contributed by atoms with van der Waals surface area (Å²) in [7, 11) is 0. The van der Waals surface area contributed by atoms with Crippen LogP contribution >= 0.6 is 11.3 Å².